The van der Waals surface area contributed by atoms with E-state index in [1.807, 2.05) is 0 Å². The Labute approximate surface area is 144 Å². The van der Waals surface area contributed by atoms with Crippen LogP contribution in [-0.4, -0.2) is 23.8 Å². The van der Waals surface area contributed by atoms with Gasteiger partial charge in [-0.2, -0.15) is 0 Å². The summed E-state index contributed by atoms with van der Waals surface area (Å²) in [6.07, 6.45) is 3.51. The maximum atomic E-state index is 13.9. The molecule has 124 valence electrons. The van der Waals surface area contributed by atoms with E-state index in [0.717, 1.165) is 17.4 Å². The SMILES string of the molecule is C#CCOc1cc(NC(=O)c2sccc2OC(=O)O)c(F)cc1Cl. The first kappa shape index (κ1) is 17.6. The minimum absolute atomic E-state index is 0.00762. The van der Waals surface area contributed by atoms with E-state index in [1.54, 1.807) is 0 Å². The highest BCUT2D eigenvalue weighted by Gasteiger charge is 2.19. The first-order valence-electron chi connectivity index (χ1n) is 6.27. The minimum atomic E-state index is -1.56. The van der Waals surface area contributed by atoms with Crippen LogP contribution in [0.4, 0.5) is 14.9 Å². The highest BCUT2D eigenvalue weighted by molar-refractivity contribution is 7.12. The van der Waals surface area contributed by atoms with E-state index in [0.29, 0.717) is 0 Å². The summed E-state index contributed by atoms with van der Waals surface area (Å²) in [5.74, 6) is 0.643. The highest BCUT2D eigenvalue weighted by Crippen LogP contribution is 2.32. The van der Waals surface area contributed by atoms with Crippen LogP contribution in [0.25, 0.3) is 0 Å². The Bertz CT molecular complexity index is 830. The molecule has 2 aromatic rings. The number of benzene rings is 1. The fraction of sp³-hybridized carbons (Fsp3) is 0.0667. The molecule has 2 N–H and O–H groups in total. The Morgan fingerprint density at radius 2 is 2.17 bits per heavy atom. The summed E-state index contributed by atoms with van der Waals surface area (Å²) in [6, 6.07) is 3.46. The quantitative estimate of drug-likeness (QED) is 0.617. The molecule has 1 aromatic heterocycles. The number of ether oxygens (including phenoxy) is 2. The number of halogens is 2. The number of hydrogen-bond donors (Lipinski definition) is 2. The van der Waals surface area contributed by atoms with Gasteiger partial charge in [-0.05, 0) is 17.5 Å². The largest absolute Gasteiger partial charge is 0.511 e. The number of terminal acetylenes is 1. The molecule has 0 unspecified atom stereocenters. The molecule has 9 heteroatoms. The van der Waals surface area contributed by atoms with Crippen LogP contribution in [0, 0.1) is 18.2 Å². The molecule has 0 aliphatic rings. The fourth-order valence-corrected chi connectivity index (χ4v) is 2.59. The van der Waals surface area contributed by atoms with Crippen LogP contribution >= 0.6 is 22.9 Å². The van der Waals surface area contributed by atoms with Gasteiger partial charge in [0, 0.05) is 6.07 Å². The van der Waals surface area contributed by atoms with E-state index < -0.39 is 17.9 Å². The van der Waals surface area contributed by atoms with Gasteiger partial charge in [-0.15, -0.1) is 17.8 Å². The van der Waals surface area contributed by atoms with Crippen molar-refractivity contribution in [2.45, 2.75) is 0 Å². The van der Waals surface area contributed by atoms with E-state index in [4.69, 9.17) is 27.9 Å². The van der Waals surface area contributed by atoms with E-state index in [9.17, 15) is 14.0 Å². The Kier molecular flexibility index (Phi) is 5.63. The number of carbonyl (C=O) groups excluding carboxylic acids is 1. The Hall–Kier alpha value is -2.76. The maximum absolute atomic E-state index is 13.9. The molecule has 1 amide bonds. The molecule has 1 heterocycles. The van der Waals surface area contributed by atoms with Gasteiger partial charge in [0.25, 0.3) is 5.91 Å². The third kappa shape index (κ3) is 4.16. The highest BCUT2D eigenvalue weighted by atomic mass is 35.5. The van der Waals surface area contributed by atoms with Crippen molar-refractivity contribution >= 4 is 40.7 Å². The van der Waals surface area contributed by atoms with E-state index in [1.165, 1.54) is 17.5 Å². The summed E-state index contributed by atoms with van der Waals surface area (Å²) >= 11 is 6.77. The van der Waals surface area contributed by atoms with Crippen molar-refractivity contribution in [3.8, 4) is 23.8 Å². The lowest BCUT2D eigenvalue weighted by Gasteiger charge is -2.10. The van der Waals surface area contributed by atoms with Crippen molar-refractivity contribution in [3.05, 3.63) is 39.3 Å². The average Bonchev–Trinajstić information content (AvgIpc) is 2.96. The molecule has 0 aliphatic carbocycles. The van der Waals surface area contributed by atoms with Gasteiger partial charge < -0.3 is 19.9 Å². The third-order valence-electron chi connectivity index (χ3n) is 2.61. The van der Waals surface area contributed by atoms with Crippen LogP contribution in [0.2, 0.25) is 5.02 Å². The van der Waals surface area contributed by atoms with E-state index in [-0.39, 0.29) is 33.7 Å². The zero-order chi connectivity index (χ0) is 17.7. The molecule has 24 heavy (non-hydrogen) atoms. The van der Waals surface area contributed by atoms with Gasteiger partial charge in [0.1, 0.15) is 23.1 Å². The monoisotopic (exact) mass is 369 g/mol. The molecule has 0 bridgehead atoms. The Morgan fingerprint density at radius 3 is 2.83 bits per heavy atom. The minimum Gasteiger partial charge on any atom is -0.479 e. The van der Waals surface area contributed by atoms with Crippen LogP contribution in [0.15, 0.2) is 23.6 Å². The lowest BCUT2D eigenvalue weighted by Crippen LogP contribution is -2.14. The van der Waals surface area contributed by atoms with Crippen LogP contribution in [-0.2, 0) is 0 Å². The predicted molar refractivity (Wildman–Crippen MR) is 86.7 cm³/mol. The van der Waals surface area contributed by atoms with Crippen molar-refractivity contribution in [2.24, 2.45) is 0 Å². The number of hydrogen-bond acceptors (Lipinski definition) is 5. The van der Waals surface area contributed by atoms with Crippen LogP contribution < -0.4 is 14.8 Å². The lowest BCUT2D eigenvalue weighted by molar-refractivity contribution is 0.102. The molecule has 0 fully saturated rings. The van der Waals surface area contributed by atoms with E-state index >= 15 is 0 Å². The molecule has 0 spiro atoms. The van der Waals surface area contributed by atoms with Crippen molar-refractivity contribution in [2.75, 3.05) is 11.9 Å². The van der Waals surface area contributed by atoms with Crippen LogP contribution in [0.5, 0.6) is 11.5 Å². The normalized spacial score (nSPS) is 9.88. The van der Waals surface area contributed by atoms with Gasteiger partial charge in [-0.1, -0.05) is 17.5 Å². The number of carboxylic acid groups (broad SMARTS) is 1. The molecule has 6 nitrogen and oxygen atoms in total. The molecular formula is C15H9ClFNO5S. The lowest BCUT2D eigenvalue weighted by atomic mass is 10.2. The number of anilines is 1. The standard InChI is InChI=1S/C15H9ClFNO5S/c1-2-4-22-12-7-10(9(17)6-8(12)16)18-14(19)13-11(3-5-24-13)23-15(20)21/h1,3,5-7H,4H2,(H,18,19)(H,20,21). The molecule has 0 radical (unpaired) electrons. The van der Waals surface area contributed by atoms with Gasteiger partial charge in [-0.3, -0.25) is 4.79 Å². The molecule has 2 rings (SSSR count). The topological polar surface area (TPSA) is 84.9 Å². The fourth-order valence-electron chi connectivity index (χ4n) is 1.67. The summed E-state index contributed by atoms with van der Waals surface area (Å²) in [5, 5.41) is 12.4. The zero-order valence-corrected chi connectivity index (χ0v) is 13.4. The zero-order valence-electron chi connectivity index (χ0n) is 11.8. The number of rotatable bonds is 5. The summed E-state index contributed by atoms with van der Waals surface area (Å²) in [4.78, 5) is 22.7. The van der Waals surface area contributed by atoms with Gasteiger partial charge in [0.15, 0.2) is 5.75 Å². The molecule has 1 aromatic carbocycles. The van der Waals surface area contributed by atoms with Crippen molar-refractivity contribution < 1.29 is 28.6 Å². The first-order chi connectivity index (χ1) is 11.4. The summed E-state index contributed by atoms with van der Waals surface area (Å²) < 4.78 is 23.6. The van der Waals surface area contributed by atoms with Gasteiger partial charge in [0.05, 0.1) is 10.7 Å². The van der Waals surface area contributed by atoms with Crippen molar-refractivity contribution in [1.82, 2.24) is 0 Å². The van der Waals surface area contributed by atoms with Crippen molar-refractivity contribution in [3.63, 3.8) is 0 Å². The number of carbonyl (C=O) groups is 2. The van der Waals surface area contributed by atoms with Gasteiger partial charge in [-0.25, -0.2) is 9.18 Å². The van der Waals surface area contributed by atoms with Crippen LogP contribution in [0.1, 0.15) is 9.67 Å². The summed E-state index contributed by atoms with van der Waals surface area (Å²) in [6.45, 7) is -0.0831. The van der Waals surface area contributed by atoms with Crippen LogP contribution in [0.3, 0.4) is 0 Å². The first-order valence-corrected chi connectivity index (χ1v) is 7.53. The van der Waals surface area contributed by atoms with E-state index in [2.05, 4.69) is 16.0 Å². The second-order valence-corrected chi connectivity index (χ2v) is 5.51. The molecule has 0 saturated heterocycles. The maximum Gasteiger partial charge on any atom is 0.511 e. The average molecular weight is 370 g/mol. The van der Waals surface area contributed by atoms with Crippen molar-refractivity contribution in [1.29, 1.82) is 0 Å². The summed E-state index contributed by atoms with van der Waals surface area (Å²) in [7, 11) is 0. The predicted octanol–water partition coefficient (Wildman–Crippen LogP) is 3.86. The second kappa shape index (κ2) is 7.68. The molecular weight excluding hydrogens is 361 g/mol. The molecule has 0 atom stereocenters. The Balaban J connectivity index is 2.24. The second-order valence-electron chi connectivity index (χ2n) is 4.19. The smallest absolute Gasteiger partial charge is 0.479 e. The summed E-state index contributed by atoms with van der Waals surface area (Å²) in [5.41, 5.74) is -0.203. The molecule has 0 saturated carbocycles. The number of amides is 1. The van der Waals surface area contributed by atoms with Gasteiger partial charge >= 0.3 is 6.16 Å². The third-order valence-corrected chi connectivity index (χ3v) is 3.80. The number of thiophene rings is 1. The van der Waals surface area contributed by atoms with Gasteiger partial charge in [0.2, 0.25) is 0 Å². The number of nitrogens with one attached hydrogen (secondary N) is 1. The molecule has 0 aliphatic heterocycles. The Morgan fingerprint density at radius 1 is 1.42 bits per heavy atom.